The summed E-state index contributed by atoms with van der Waals surface area (Å²) >= 11 is 0. The zero-order chi connectivity index (χ0) is 16.9. The van der Waals surface area contributed by atoms with Crippen LogP contribution in [-0.2, 0) is 6.54 Å². The standard InChI is InChI=1S/C18H24N4O2/c1-14(2)13-24-17-7-6-15(11-19-17)18(23)22-10-3-5-16(22)12-21-9-4-8-20-21/h4,6-9,11,14,16H,3,5,10,12-13H2,1-2H3/t16-/m0/s1. The molecule has 2 aromatic heterocycles. The Morgan fingerprint density at radius 3 is 2.96 bits per heavy atom. The van der Waals surface area contributed by atoms with Gasteiger partial charge in [-0.25, -0.2) is 4.98 Å². The maximum atomic E-state index is 12.8. The molecule has 1 atom stereocenters. The molecule has 6 nitrogen and oxygen atoms in total. The lowest BCUT2D eigenvalue weighted by Gasteiger charge is -2.24. The summed E-state index contributed by atoms with van der Waals surface area (Å²) in [7, 11) is 0. The number of nitrogens with zero attached hydrogens (tertiary/aromatic N) is 4. The average molecular weight is 328 g/mol. The van der Waals surface area contributed by atoms with E-state index in [0.29, 0.717) is 24.0 Å². The Morgan fingerprint density at radius 2 is 2.29 bits per heavy atom. The molecule has 0 radical (unpaired) electrons. The van der Waals surface area contributed by atoms with Gasteiger partial charge in [0.25, 0.3) is 5.91 Å². The van der Waals surface area contributed by atoms with E-state index < -0.39 is 0 Å². The second kappa shape index (κ2) is 7.47. The first-order valence-corrected chi connectivity index (χ1v) is 8.50. The third kappa shape index (κ3) is 3.93. The van der Waals surface area contributed by atoms with Crippen molar-refractivity contribution in [2.75, 3.05) is 13.2 Å². The Balaban J connectivity index is 1.64. The Hall–Kier alpha value is -2.37. The zero-order valence-corrected chi connectivity index (χ0v) is 14.3. The largest absolute Gasteiger partial charge is 0.477 e. The van der Waals surface area contributed by atoms with Crippen molar-refractivity contribution in [1.82, 2.24) is 19.7 Å². The fourth-order valence-electron chi connectivity index (χ4n) is 2.93. The SMILES string of the molecule is CC(C)COc1ccc(C(=O)N2CCC[C@H]2Cn2cccn2)cn1. The molecule has 0 N–H and O–H groups in total. The van der Waals surface area contributed by atoms with E-state index >= 15 is 0 Å². The van der Waals surface area contributed by atoms with E-state index in [9.17, 15) is 4.79 Å². The van der Waals surface area contributed by atoms with Crippen molar-refractivity contribution in [3.63, 3.8) is 0 Å². The molecule has 0 bridgehead atoms. The van der Waals surface area contributed by atoms with E-state index in [1.54, 1.807) is 24.5 Å². The van der Waals surface area contributed by atoms with Gasteiger partial charge in [-0.05, 0) is 30.9 Å². The lowest BCUT2D eigenvalue weighted by atomic mass is 10.2. The molecule has 0 unspecified atom stereocenters. The van der Waals surface area contributed by atoms with Gasteiger partial charge in [-0.3, -0.25) is 9.48 Å². The molecular weight excluding hydrogens is 304 g/mol. The van der Waals surface area contributed by atoms with Crippen molar-refractivity contribution in [2.45, 2.75) is 39.3 Å². The van der Waals surface area contributed by atoms with Gasteiger partial charge in [0.1, 0.15) is 0 Å². The molecule has 0 spiro atoms. The molecule has 6 heteroatoms. The smallest absolute Gasteiger partial charge is 0.255 e. The van der Waals surface area contributed by atoms with E-state index in [1.807, 2.05) is 21.8 Å². The molecule has 1 fully saturated rings. The van der Waals surface area contributed by atoms with E-state index in [-0.39, 0.29) is 11.9 Å². The van der Waals surface area contributed by atoms with Crippen LogP contribution in [0.4, 0.5) is 0 Å². The van der Waals surface area contributed by atoms with E-state index in [4.69, 9.17) is 4.74 Å². The summed E-state index contributed by atoms with van der Waals surface area (Å²) in [5, 5.41) is 4.24. The maximum Gasteiger partial charge on any atom is 0.255 e. The van der Waals surface area contributed by atoms with Crippen LogP contribution >= 0.6 is 0 Å². The van der Waals surface area contributed by atoms with Gasteiger partial charge in [0.15, 0.2) is 0 Å². The normalized spacial score (nSPS) is 17.5. The number of carbonyl (C=O) groups is 1. The van der Waals surface area contributed by atoms with Crippen LogP contribution in [0.1, 0.15) is 37.0 Å². The molecule has 0 aromatic carbocycles. The number of carbonyl (C=O) groups excluding carboxylic acids is 1. The van der Waals surface area contributed by atoms with Crippen molar-refractivity contribution < 1.29 is 9.53 Å². The van der Waals surface area contributed by atoms with Crippen LogP contribution in [0.25, 0.3) is 0 Å². The molecule has 1 aliphatic rings. The Kier molecular flexibility index (Phi) is 5.13. The molecule has 1 aliphatic heterocycles. The Bertz CT molecular complexity index is 652. The molecule has 3 rings (SSSR count). The minimum Gasteiger partial charge on any atom is -0.477 e. The summed E-state index contributed by atoms with van der Waals surface area (Å²) in [6, 6.07) is 5.66. The topological polar surface area (TPSA) is 60.2 Å². The fourth-order valence-corrected chi connectivity index (χ4v) is 2.93. The number of hydrogen-bond acceptors (Lipinski definition) is 4. The second-order valence-electron chi connectivity index (χ2n) is 6.61. The van der Waals surface area contributed by atoms with Gasteiger partial charge in [0.2, 0.25) is 5.88 Å². The number of likely N-dealkylation sites (tertiary alicyclic amines) is 1. The quantitative estimate of drug-likeness (QED) is 0.818. The van der Waals surface area contributed by atoms with Gasteiger partial charge in [0.05, 0.1) is 24.8 Å². The lowest BCUT2D eigenvalue weighted by Crippen LogP contribution is -2.38. The number of ether oxygens (including phenoxy) is 1. The number of aromatic nitrogens is 3. The van der Waals surface area contributed by atoms with E-state index in [0.717, 1.165) is 25.9 Å². The number of amides is 1. The van der Waals surface area contributed by atoms with Gasteiger partial charge < -0.3 is 9.64 Å². The average Bonchev–Trinajstić information content (AvgIpc) is 3.25. The van der Waals surface area contributed by atoms with Crippen molar-refractivity contribution in [3.8, 4) is 5.88 Å². The highest BCUT2D eigenvalue weighted by molar-refractivity contribution is 5.94. The van der Waals surface area contributed by atoms with Crippen molar-refractivity contribution in [2.24, 2.45) is 5.92 Å². The first-order chi connectivity index (χ1) is 11.6. The fraction of sp³-hybridized carbons (Fsp3) is 0.500. The molecule has 1 saturated heterocycles. The summed E-state index contributed by atoms with van der Waals surface area (Å²) in [6.45, 7) is 6.33. The van der Waals surface area contributed by atoms with Crippen LogP contribution in [0, 0.1) is 5.92 Å². The van der Waals surface area contributed by atoms with Gasteiger partial charge in [-0.1, -0.05) is 13.8 Å². The van der Waals surface area contributed by atoms with Crippen LogP contribution in [0.3, 0.4) is 0 Å². The highest BCUT2D eigenvalue weighted by atomic mass is 16.5. The zero-order valence-electron chi connectivity index (χ0n) is 14.3. The molecule has 1 amide bonds. The predicted molar refractivity (Wildman–Crippen MR) is 90.9 cm³/mol. The van der Waals surface area contributed by atoms with Crippen molar-refractivity contribution in [3.05, 3.63) is 42.4 Å². The second-order valence-corrected chi connectivity index (χ2v) is 6.61. The van der Waals surface area contributed by atoms with Crippen LogP contribution in [0.5, 0.6) is 5.88 Å². The summed E-state index contributed by atoms with van der Waals surface area (Å²) in [6.07, 6.45) is 7.35. The summed E-state index contributed by atoms with van der Waals surface area (Å²) < 4.78 is 7.46. The lowest BCUT2D eigenvalue weighted by molar-refractivity contribution is 0.0721. The van der Waals surface area contributed by atoms with Gasteiger partial charge >= 0.3 is 0 Å². The third-order valence-corrected chi connectivity index (χ3v) is 4.14. The van der Waals surface area contributed by atoms with Gasteiger partial charge in [-0.2, -0.15) is 5.10 Å². The van der Waals surface area contributed by atoms with Gasteiger partial charge in [-0.15, -0.1) is 0 Å². The monoisotopic (exact) mass is 328 g/mol. The van der Waals surface area contributed by atoms with Gasteiger partial charge in [0, 0.05) is 31.2 Å². The molecule has 128 valence electrons. The number of hydrogen-bond donors (Lipinski definition) is 0. The molecule has 0 aliphatic carbocycles. The molecule has 2 aromatic rings. The Morgan fingerprint density at radius 1 is 1.42 bits per heavy atom. The summed E-state index contributed by atoms with van der Waals surface area (Å²) in [5.41, 5.74) is 0.610. The number of rotatable bonds is 6. The molecule has 0 saturated carbocycles. The molecule has 3 heterocycles. The van der Waals surface area contributed by atoms with Crippen molar-refractivity contribution >= 4 is 5.91 Å². The highest BCUT2D eigenvalue weighted by Gasteiger charge is 2.29. The maximum absolute atomic E-state index is 12.8. The Labute approximate surface area is 142 Å². The predicted octanol–water partition coefficient (Wildman–Crippen LogP) is 2.62. The highest BCUT2D eigenvalue weighted by Crippen LogP contribution is 2.22. The van der Waals surface area contributed by atoms with E-state index in [2.05, 4.69) is 23.9 Å². The van der Waals surface area contributed by atoms with Crippen LogP contribution in [0.15, 0.2) is 36.8 Å². The van der Waals surface area contributed by atoms with Crippen LogP contribution < -0.4 is 4.74 Å². The minimum atomic E-state index is 0.0348. The third-order valence-electron chi connectivity index (χ3n) is 4.14. The molecular formula is C18H24N4O2. The summed E-state index contributed by atoms with van der Waals surface area (Å²) in [4.78, 5) is 19.0. The first kappa shape index (κ1) is 16.5. The van der Waals surface area contributed by atoms with Crippen molar-refractivity contribution in [1.29, 1.82) is 0 Å². The summed E-state index contributed by atoms with van der Waals surface area (Å²) in [5.74, 6) is 1.04. The van der Waals surface area contributed by atoms with Crippen LogP contribution in [-0.4, -0.2) is 44.8 Å². The first-order valence-electron chi connectivity index (χ1n) is 8.50. The van der Waals surface area contributed by atoms with Crippen LogP contribution in [0.2, 0.25) is 0 Å². The molecule has 24 heavy (non-hydrogen) atoms. The van der Waals surface area contributed by atoms with E-state index in [1.165, 1.54) is 0 Å². The minimum absolute atomic E-state index is 0.0348. The number of pyridine rings is 1.